The van der Waals surface area contributed by atoms with Crippen LogP contribution in [0.25, 0.3) is 10.9 Å². The number of benzene rings is 2. The molecule has 3 aromatic rings. The molecule has 0 spiro atoms. The third-order valence-corrected chi connectivity index (χ3v) is 6.33. The van der Waals surface area contributed by atoms with Gasteiger partial charge in [-0.05, 0) is 63.0 Å². The van der Waals surface area contributed by atoms with E-state index in [0.717, 1.165) is 4.47 Å². The van der Waals surface area contributed by atoms with Crippen LogP contribution in [0.1, 0.15) is 11.4 Å². The molecule has 0 unspecified atom stereocenters. The van der Waals surface area contributed by atoms with Gasteiger partial charge in [0, 0.05) is 14.5 Å². The molecule has 1 aromatic heterocycles. The molecular formula is C17H12Br3N3O3. The molecule has 0 aliphatic heterocycles. The van der Waals surface area contributed by atoms with Crippen molar-refractivity contribution in [3.05, 3.63) is 59.4 Å². The van der Waals surface area contributed by atoms with Crippen LogP contribution in [0, 0.1) is 6.92 Å². The van der Waals surface area contributed by atoms with Crippen LogP contribution in [0.15, 0.2) is 47.6 Å². The SMILES string of the molecule is COc1cc(C=Nn2c(C)nc3ccc(Br)cc3c2=O)c(Br)c(Br)c1O. The van der Waals surface area contributed by atoms with E-state index in [2.05, 4.69) is 57.9 Å². The Hall–Kier alpha value is -1.71. The highest BCUT2D eigenvalue weighted by atomic mass is 79.9. The van der Waals surface area contributed by atoms with Crippen molar-refractivity contribution in [3.8, 4) is 11.5 Å². The fraction of sp³-hybridized carbons (Fsp3) is 0.118. The molecular weight excluding hydrogens is 534 g/mol. The van der Waals surface area contributed by atoms with E-state index >= 15 is 0 Å². The van der Waals surface area contributed by atoms with Gasteiger partial charge >= 0.3 is 0 Å². The monoisotopic (exact) mass is 543 g/mol. The Morgan fingerprint density at radius 1 is 1.23 bits per heavy atom. The minimum atomic E-state index is -0.272. The van der Waals surface area contributed by atoms with E-state index < -0.39 is 0 Å². The molecule has 1 N–H and O–H groups in total. The molecule has 0 bridgehead atoms. The number of aryl methyl sites for hydroxylation is 1. The Morgan fingerprint density at radius 3 is 2.65 bits per heavy atom. The number of ether oxygens (including phenoxy) is 1. The number of aromatic hydroxyl groups is 1. The van der Waals surface area contributed by atoms with Gasteiger partial charge in [0.1, 0.15) is 5.82 Å². The number of hydrogen-bond acceptors (Lipinski definition) is 5. The molecule has 26 heavy (non-hydrogen) atoms. The lowest BCUT2D eigenvalue weighted by atomic mass is 10.2. The van der Waals surface area contributed by atoms with Gasteiger partial charge in [-0.2, -0.15) is 9.78 Å². The van der Waals surface area contributed by atoms with Crippen LogP contribution in [0.2, 0.25) is 0 Å². The zero-order valence-electron chi connectivity index (χ0n) is 13.6. The van der Waals surface area contributed by atoms with Crippen LogP contribution in [0.3, 0.4) is 0 Å². The largest absolute Gasteiger partial charge is 0.503 e. The summed E-state index contributed by atoms with van der Waals surface area (Å²) in [6.45, 7) is 1.71. The van der Waals surface area contributed by atoms with Crippen molar-refractivity contribution in [2.75, 3.05) is 7.11 Å². The van der Waals surface area contributed by atoms with Crippen LogP contribution >= 0.6 is 47.8 Å². The van der Waals surface area contributed by atoms with Crippen molar-refractivity contribution in [2.45, 2.75) is 6.92 Å². The molecule has 0 saturated heterocycles. The summed E-state index contributed by atoms with van der Waals surface area (Å²) < 4.78 is 8.18. The van der Waals surface area contributed by atoms with E-state index in [4.69, 9.17) is 4.74 Å². The lowest BCUT2D eigenvalue weighted by Crippen LogP contribution is -2.20. The normalized spacial score (nSPS) is 11.4. The standard InChI is InChI=1S/C17H12Br3N3O3/c1-8-22-12-4-3-10(18)6-11(12)17(25)23(8)21-7-9-5-13(26-2)16(24)15(20)14(9)19/h3-7,24H,1-2H3. The first-order valence-corrected chi connectivity index (χ1v) is 9.69. The van der Waals surface area contributed by atoms with Crippen molar-refractivity contribution in [2.24, 2.45) is 5.10 Å². The zero-order valence-corrected chi connectivity index (χ0v) is 18.4. The van der Waals surface area contributed by atoms with Gasteiger partial charge in [0.15, 0.2) is 11.5 Å². The summed E-state index contributed by atoms with van der Waals surface area (Å²) in [4.78, 5) is 17.2. The number of aromatic nitrogens is 2. The van der Waals surface area contributed by atoms with Crippen molar-refractivity contribution in [3.63, 3.8) is 0 Å². The fourth-order valence-corrected chi connectivity index (χ4v) is 3.57. The molecule has 0 atom stereocenters. The van der Waals surface area contributed by atoms with E-state index in [9.17, 15) is 9.90 Å². The summed E-state index contributed by atoms with van der Waals surface area (Å²) in [6.07, 6.45) is 1.50. The average molecular weight is 546 g/mol. The van der Waals surface area contributed by atoms with Gasteiger partial charge in [-0.25, -0.2) is 4.98 Å². The lowest BCUT2D eigenvalue weighted by molar-refractivity contribution is 0.371. The molecule has 0 amide bonds. The van der Waals surface area contributed by atoms with Gasteiger partial charge in [0.25, 0.3) is 5.56 Å². The van der Waals surface area contributed by atoms with E-state index in [1.54, 1.807) is 25.1 Å². The third kappa shape index (κ3) is 3.43. The van der Waals surface area contributed by atoms with E-state index in [1.165, 1.54) is 18.0 Å². The maximum atomic E-state index is 12.8. The molecule has 0 radical (unpaired) electrons. The van der Waals surface area contributed by atoms with E-state index in [-0.39, 0.29) is 17.1 Å². The second kappa shape index (κ2) is 7.50. The molecule has 6 nitrogen and oxygen atoms in total. The van der Waals surface area contributed by atoms with Gasteiger partial charge in [-0.15, -0.1) is 0 Å². The number of phenolic OH excluding ortho intramolecular Hbond substituents is 1. The number of hydrogen-bond donors (Lipinski definition) is 1. The van der Waals surface area contributed by atoms with Crippen molar-refractivity contribution < 1.29 is 9.84 Å². The topological polar surface area (TPSA) is 76.7 Å². The van der Waals surface area contributed by atoms with E-state index in [0.29, 0.717) is 31.2 Å². The summed E-state index contributed by atoms with van der Waals surface area (Å²) in [7, 11) is 1.45. The Labute approximate surface area is 173 Å². The average Bonchev–Trinajstić information content (AvgIpc) is 2.62. The molecule has 0 aliphatic carbocycles. The molecule has 134 valence electrons. The van der Waals surface area contributed by atoms with Crippen LogP contribution < -0.4 is 10.3 Å². The summed E-state index contributed by atoms with van der Waals surface area (Å²) in [5, 5.41) is 14.7. The molecule has 0 fully saturated rings. The van der Waals surface area contributed by atoms with Crippen LogP contribution in [0.5, 0.6) is 11.5 Å². The highest BCUT2D eigenvalue weighted by Gasteiger charge is 2.14. The van der Waals surface area contributed by atoms with Crippen molar-refractivity contribution in [1.82, 2.24) is 9.66 Å². The highest BCUT2D eigenvalue weighted by Crippen LogP contribution is 2.41. The minimum Gasteiger partial charge on any atom is -0.503 e. The molecule has 3 rings (SSSR count). The lowest BCUT2D eigenvalue weighted by Gasteiger charge is -2.10. The maximum Gasteiger partial charge on any atom is 0.282 e. The summed E-state index contributed by atoms with van der Waals surface area (Å²) in [5.74, 6) is 0.718. The first kappa shape index (κ1) is 19.1. The number of methoxy groups -OCH3 is 1. The Morgan fingerprint density at radius 2 is 1.96 bits per heavy atom. The van der Waals surface area contributed by atoms with Gasteiger partial charge in [-0.1, -0.05) is 15.9 Å². The molecule has 1 heterocycles. The number of nitrogens with zero attached hydrogens (tertiary/aromatic N) is 3. The van der Waals surface area contributed by atoms with Crippen LogP contribution in [-0.2, 0) is 0 Å². The second-order valence-corrected chi connectivity index (χ2v) is 7.83. The quantitative estimate of drug-likeness (QED) is 0.489. The number of rotatable bonds is 3. The zero-order chi connectivity index (χ0) is 19.0. The predicted molar refractivity (Wildman–Crippen MR) is 111 cm³/mol. The smallest absolute Gasteiger partial charge is 0.282 e. The van der Waals surface area contributed by atoms with Crippen molar-refractivity contribution in [1.29, 1.82) is 0 Å². The Kier molecular flexibility index (Phi) is 5.50. The number of halogens is 3. The number of fused-ring (bicyclic) bond motifs is 1. The highest BCUT2D eigenvalue weighted by molar-refractivity contribution is 9.13. The maximum absolute atomic E-state index is 12.8. The molecule has 0 aliphatic rings. The van der Waals surface area contributed by atoms with Gasteiger partial charge in [-0.3, -0.25) is 4.79 Å². The van der Waals surface area contributed by atoms with Gasteiger partial charge in [0.2, 0.25) is 0 Å². The summed E-state index contributed by atoms with van der Waals surface area (Å²) in [5.41, 5.74) is 0.954. The van der Waals surface area contributed by atoms with Gasteiger partial charge in [0.05, 0.1) is 28.7 Å². The summed E-state index contributed by atoms with van der Waals surface area (Å²) >= 11 is 10.0. The van der Waals surface area contributed by atoms with Gasteiger partial charge < -0.3 is 9.84 Å². The fourth-order valence-electron chi connectivity index (χ4n) is 2.38. The summed E-state index contributed by atoms with van der Waals surface area (Å²) in [6, 6.07) is 6.94. The predicted octanol–water partition coefficient (Wildman–Crippen LogP) is 4.59. The molecule has 2 aromatic carbocycles. The second-order valence-electron chi connectivity index (χ2n) is 5.33. The first-order chi connectivity index (χ1) is 12.3. The van der Waals surface area contributed by atoms with Crippen LogP contribution in [-0.4, -0.2) is 28.1 Å². The minimum absolute atomic E-state index is 0.0258. The van der Waals surface area contributed by atoms with Crippen LogP contribution in [0.4, 0.5) is 0 Å². The number of phenols is 1. The molecule has 9 heteroatoms. The third-order valence-electron chi connectivity index (χ3n) is 3.68. The first-order valence-electron chi connectivity index (χ1n) is 7.31. The van der Waals surface area contributed by atoms with Crippen molar-refractivity contribution >= 4 is 64.9 Å². The molecule has 0 saturated carbocycles. The Balaban J connectivity index is 2.15. The van der Waals surface area contributed by atoms with E-state index in [1.807, 2.05) is 6.07 Å². The Bertz CT molecular complexity index is 1110.